The molecule has 1 aromatic carbocycles. The number of pyridine rings is 1. The Balaban J connectivity index is 1.99. The number of halogens is 1. The highest BCUT2D eigenvalue weighted by Crippen LogP contribution is 2.43. The normalized spacial score (nSPS) is 16.3. The molecular formula is C21H26ClN3O2. The molecule has 1 atom stereocenters. The van der Waals surface area contributed by atoms with Crippen molar-refractivity contribution in [2.75, 3.05) is 6.54 Å². The Kier molecular flexibility index (Phi) is 5.84. The Morgan fingerprint density at radius 1 is 1.41 bits per heavy atom. The molecule has 6 heteroatoms. The van der Waals surface area contributed by atoms with Gasteiger partial charge in [0, 0.05) is 17.8 Å². The minimum absolute atomic E-state index is 0.340. The minimum Gasteiger partial charge on any atom is -0.479 e. The predicted molar refractivity (Wildman–Crippen MR) is 107 cm³/mol. The smallest absolute Gasteiger partial charge is 0.334 e. The Bertz CT molecular complexity index is 836. The maximum atomic E-state index is 12.1. The van der Waals surface area contributed by atoms with Crippen molar-refractivity contribution in [2.45, 2.75) is 44.7 Å². The van der Waals surface area contributed by atoms with E-state index in [1.54, 1.807) is 30.5 Å². The van der Waals surface area contributed by atoms with Gasteiger partial charge in [-0.25, -0.2) is 4.79 Å². The second kappa shape index (κ2) is 7.97. The summed E-state index contributed by atoms with van der Waals surface area (Å²) in [6.45, 7) is 5.97. The molecule has 1 fully saturated rings. The number of carboxylic acids is 1. The van der Waals surface area contributed by atoms with Gasteiger partial charge in [0.15, 0.2) is 5.54 Å². The van der Waals surface area contributed by atoms with Crippen molar-refractivity contribution in [3.8, 4) is 0 Å². The molecular weight excluding hydrogens is 362 g/mol. The predicted octanol–water partition coefficient (Wildman–Crippen LogP) is 3.64. The number of hydrogen-bond donors (Lipinski definition) is 3. The van der Waals surface area contributed by atoms with Crippen molar-refractivity contribution in [1.29, 1.82) is 0 Å². The van der Waals surface area contributed by atoms with E-state index >= 15 is 0 Å². The van der Waals surface area contributed by atoms with Crippen LogP contribution in [0.1, 0.15) is 55.0 Å². The van der Waals surface area contributed by atoms with Crippen LogP contribution in [-0.2, 0) is 16.9 Å². The maximum absolute atomic E-state index is 12.1. The van der Waals surface area contributed by atoms with Crippen molar-refractivity contribution in [1.82, 2.24) is 10.3 Å². The zero-order valence-corrected chi connectivity index (χ0v) is 16.5. The number of carbonyl (C=O) groups is 1. The van der Waals surface area contributed by atoms with Crippen LogP contribution in [0, 0.1) is 5.92 Å². The topological polar surface area (TPSA) is 88.2 Å². The molecule has 1 aliphatic rings. The lowest BCUT2D eigenvalue weighted by Crippen LogP contribution is -2.46. The SMILES string of the molecule is CC(C)CNCc1cnc(C(N)(C(=O)O)c2cccc(Cl)c2)cc1C1CC1. The van der Waals surface area contributed by atoms with E-state index < -0.39 is 11.5 Å². The fraction of sp³-hybridized carbons (Fsp3) is 0.429. The first kappa shape index (κ1) is 19.8. The average Bonchev–Trinajstić information content (AvgIpc) is 3.45. The summed E-state index contributed by atoms with van der Waals surface area (Å²) < 4.78 is 0. The summed E-state index contributed by atoms with van der Waals surface area (Å²) >= 11 is 6.07. The van der Waals surface area contributed by atoms with Gasteiger partial charge in [0.1, 0.15) is 0 Å². The highest BCUT2D eigenvalue weighted by molar-refractivity contribution is 6.30. The molecule has 0 aliphatic heterocycles. The Morgan fingerprint density at radius 3 is 2.74 bits per heavy atom. The van der Waals surface area contributed by atoms with Crippen LogP contribution in [0.2, 0.25) is 5.02 Å². The number of hydrogen-bond acceptors (Lipinski definition) is 4. The van der Waals surface area contributed by atoms with Gasteiger partial charge >= 0.3 is 5.97 Å². The van der Waals surface area contributed by atoms with E-state index in [-0.39, 0.29) is 0 Å². The first-order valence-electron chi connectivity index (χ1n) is 9.30. The molecule has 1 aliphatic carbocycles. The van der Waals surface area contributed by atoms with Crippen LogP contribution in [0.5, 0.6) is 0 Å². The van der Waals surface area contributed by atoms with Gasteiger partial charge in [0.05, 0.1) is 5.69 Å². The van der Waals surface area contributed by atoms with Gasteiger partial charge in [-0.15, -0.1) is 0 Å². The molecule has 0 bridgehead atoms. The van der Waals surface area contributed by atoms with Gasteiger partial charge in [-0.1, -0.05) is 37.6 Å². The molecule has 3 rings (SSSR count). The second-order valence-electron chi connectivity index (χ2n) is 7.69. The first-order valence-corrected chi connectivity index (χ1v) is 9.68. The van der Waals surface area contributed by atoms with Crippen LogP contribution in [0.15, 0.2) is 36.5 Å². The standard InChI is InChI=1S/C21H26ClN3O2/c1-13(2)10-24-11-15-12-25-19(9-18(15)14-6-7-14)21(23,20(26)27)16-4-3-5-17(22)8-16/h3-5,8-9,12-14,24H,6-7,10-11,23H2,1-2H3,(H,26,27). The van der Waals surface area contributed by atoms with Gasteiger partial charge in [-0.05, 0) is 66.1 Å². The quantitative estimate of drug-likeness (QED) is 0.643. The summed E-state index contributed by atoms with van der Waals surface area (Å²) in [4.78, 5) is 16.6. The van der Waals surface area contributed by atoms with E-state index in [2.05, 4.69) is 24.1 Å². The Hall–Kier alpha value is -1.95. The summed E-state index contributed by atoms with van der Waals surface area (Å²) in [5.74, 6) is -0.127. The summed E-state index contributed by atoms with van der Waals surface area (Å²) in [6, 6.07) is 8.54. The fourth-order valence-corrected chi connectivity index (χ4v) is 3.44. The number of benzene rings is 1. The molecule has 1 aromatic heterocycles. The summed E-state index contributed by atoms with van der Waals surface area (Å²) in [5, 5.41) is 13.8. The molecule has 27 heavy (non-hydrogen) atoms. The van der Waals surface area contributed by atoms with Crippen molar-refractivity contribution >= 4 is 17.6 Å². The lowest BCUT2D eigenvalue weighted by atomic mass is 9.85. The number of nitrogens with one attached hydrogen (secondary N) is 1. The van der Waals surface area contributed by atoms with Crippen LogP contribution < -0.4 is 11.1 Å². The van der Waals surface area contributed by atoms with Gasteiger partial charge < -0.3 is 16.2 Å². The maximum Gasteiger partial charge on any atom is 0.334 e. The number of rotatable bonds is 8. The monoisotopic (exact) mass is 387 g/mol. The van der Waals surface area contributed by atoms with Crippen molar-refractivity contribution in [3.05, 3.63) is 63.9 Å². The molecule has 5 nitrogen and oxygen atoms in total. The largest absolute Gasteiger partial charge is 0.479 e. The second-order valence-corrected chi connectivity index (χ2v) is 8.13. The molecule has 1 heterocycles. The third kappa shape index (κ3) is 4.32. The molecule has 0 spiro atoms. The average molecular weight is 388 g/mol. The molecule has 4 N–H and O–H groups in total. The Morgan fingerprint density at radius 2 is 2.15 bits per heavy atom. The first-order chi connectivity index (χ1) is 12.8. The lowest BCUT2D eigenvalue weighted by Gasteiger charge is -2.26. The zero-order valence-electron chi connectivity index (χ0n) is 15.7. The van der Waals surface area contributed by atoms with Gasteiger partial charge in [0.2, 0.25) is 0 Å². The minimum atomic E-state index is -1.74. The molecule has 2 aromatic rings. The van der Waals surface area contributed by atoms with E-state index in [4.69, 9.17) is 17.3 Å². The van der Waals surface area contributed by atoms with Crippen LogP contribution in [0.3, 0.4) is 0 Å². The third-order valence-electron chi connectivity index (χ3n) is 4.93. The highest BCUT2D eigenvalue weighted by atomic mass is 35.5. The molecule has 0 saturated heterocycles. The van der Waals surface area contributed by atoms with Crippen molar-refractivity contribution in [3.63, 3.8) is 0 Å². The van der Waals surface area contributed by atoms with Gasteiger partial charge in [-0.2, -0.15) is 0 Å². The summed E-state index contributed by atoms with van der Waals surface area (Å²) in [6.07, 6.45) is 4.00. The zero-order chi connectivity index (χ0) is 19.6. The Labute approximate surface area is 165 Å². The van der Waals surface area contributed by atoms with Crippen LogP contribution in [0.4, 0.5) is 0 Å². The van der Waals surface area contributed by atoms with E-state index in [0.717, 1.165) is 37.1 Å². The highest BCUT2D eigenvalue weighted by Gasteiger charge is 2.41. The molecule has 0 radical (unpaired) electrons. The van der Waals surface area contributed by atoms with Crippen LogP contribution in [-0.4, -0.2) is 22.6 Å². The lowest BCUT2D eigenvalue weighted by molar-refractivity contribution is -0.142. The van der Waals surface area contributed by atoms with Gasteiger partial charge in [0.25, 0.3) is 0 Å². The molecule has 0 amide bonds. The number of nitrogens with two attached hydrogens (primary N) is 1. The number of nitrogens with zero attached hydrogens (tertiary/aromatic N) is 1. The molecule has 1 unspecified atom stereocenters. The summed E-state index contributed by atoms with van der Waals surface area (Å²) in [7, 11) is 0. The van der Waals surface area contributed by atoms with E-state index in [1.165, 1.54) is 0 Å². The van der Waals surface area contributed by atoms with Gasteiger partial charge in [-0.3, -0.25) is 4.98 Å². The number of aromatic nitrogens is 1. The molecule has 144 valence electrons. The fourth-order valence-electron chi connectivity index (χ4n) is 3.25. The summed E-state index contributed by atoms with van der Waals surface area (Å²) in [5.41, 5.74) is 7.68. The van der Waals surface area contributed by atoms with E-state index in [0.29, 0.717) is 28.1 Å². The van der Waals surface area contributed by atoms with Crippen LogP contribution >= 0.6 is 11.6 Å². The van der Waals surface area contributed by atoms with Crippen molar-refractivity contribution in [2.24, 2.45) is 11.7 Å². The number of aliphatic carboxylic acids is 1. The molecule has 1 saturated carbocycles. The van der Waals surface area contributed by atoms with E-state index in [9.17, 15) is 9.90 Å². The number of carboxylic acid groups (broad SMARTS) is 1. The van der Waals surface area contributed by atoms with Crippen LogP contribution in [0.25, 0.3) is 0 Å². The van der Waals surface area contributed by atoms with Crippen molar-refractivity contribution < 1.29 is 9.90 Å². The third-order valence-corrected chi connectivity index (χ3v) is 5.16. The van der Waals surface area contributed by atoms with E-state index in [1.807, 2.05) is 6.07 Å².